The molecule has 1 atom stereocenters. The van der Waals surface area contributed by atoms with Gasteiger partial charge in [-0.1, -0.05) is 19.9 Å². The zero-order valence-corrected chi connectivity index (χ0v) is 14.5. The summed E-state index contributed by atoms with van der Waals surface area (Å²) in [6, 6.07) is 6.50. The van der Waals surface area contributed by atoms with Crippen LogP contribution < -0.4 is 10.1 Å². The highest BCUT2D eigenvalue weighted by molar-refractivity contribution is 5.80. The fourth-order valence-electron chi connectivity index (χ4n) is 4.03. The summed E-state index contributed by atoms with van der Waals surface area (Å²) in [4.78, 5) is 15.2. The Morgan fingerprint density at radius 2 is 2.04 bits per heavy atom. The van der Waals surface area contributed by atoms with Crippen LogP contribution >= 0.6 is 0 Å². The summed E-state index contributed by atoms with van der Waals surface area (Å²) >= 11 is 0. The van der Waals surface area contributed by atoms with Crippen molar-refractivity contribution in [3.63, 3.8) is 0 Å². The Hall–Kier alpha value is -1.55. The highest BCUT2D eigenvalue weighted by atomic mass is 16.5. The lowest BCUT2D eigenvalue weighted by Gasteiger charge is -2.42. The molecule has 0 saturated carbocycles. The van der Waals surface area contributed by atoms with Gasteiger partial charge in [0.15, 0.2) is 0 Å². The van der Waals surface area contributed by atoms with E-state index in [1.54, 1.807) is 7.11 Å². The molecule has 0 spiro atoms. The van der Waals surface area contributed by atoms with Crippen molar-refractivity contribution in [2.45, 2.75) is 39.2 Å². The summed E-state index contributed by atoms with van der Waals surface area (Å²) in [5, 5.41) is 3.35. The lowest BCUT2D eigenvalue weighted by molar-refractivity contribution is -0.140. The Bertz CT molecular complexity index is 564. The first-order valence-electron chi connectivity index (χ1n) is 8.80. The molecule has 1 amide bonds. The maximum Gasteiger partial charge on any atom is 0.226 e. The molecular formula is C19H28N2O2. The molecule has 1 N–H and O–H groups in total. The highest BCUT2D eigenvalue weighted by Crippen LogP contribution is 2.38. The second-order valence-corrected chi connectivity index (χ2v) is 7.06. The van der Waals surface area contributed by atoms with E-state index >= 15 is 0 Å². The Kier molecular flexibility index (Phi) is 4.90. The molecule has 4 heteroatoms. The second kappa shape index (κ2) is 6.91. The number of nitrogens with one attached hydrogen (secondary N) is 1. The first-order chi connectivity index (χ1) is 11.1. The van der Waals surface area contributed by atoms with Gasteiger partial charge in [0.25, 0.3) is 0 Å². The van der Waals surface area contributed by atoms with E-state index < -0.39 is 0 Å². The molecule has 1 fully saturated rings. The summed E-state index contributed by atoms with van der Waals surface area (Å²) in [6.07, 6.45) is 2.86. The van der Waals surface area contributed by atoms with E-state index in [1.807, 2.05) is 6.07 Å². The third-order valence-corrected chi connectivity index (χ3v) is 5.23. The quantitative estimate of drug-likeness (QED) is 0.932. The molecule has 4 nitrogen and oxygen atoms in total. The van der Waals surface area contributed by atoms with Crippen molar-refractivity contribution >= 4 is 5.91 Å². The Balaban J connectivity index is 1.87. The zero-order chi connectivity index (χ0) is 16.4. The topological polar surface area (TPSA) is 41.6 Å². The van der Waals surface area contributed by atoms with Crippen molar-refractivity contribution in [3.8, 4) is 5.75 Å². The molecule has 1 aromatic rings. The number of nitrogens with zero attached hydrogens (tertiary/aromatic N) is 1. The number of methoxy groups -OCH3 is 1. The van der Waals surface area contributed by atoms with Crippen LogP contribution in [-0.2, 0) is 11.2 Å². The van der Waals surface area contributed by atoms with Gasteiger partial charge < -0.3 is 15.0 Å². The number of piperidine rings is 1. The van der Waals surface area contributed by atoms with Crippen LogP contribution in [0.15, 0.2) is 18.2 Å². The van der Waals surface area contributed by atoms with E-state index in [4.69, 9.17) is 4.74 Å². The summed E-state index contributed by atoms with van der Waals surface area (Å²) in [6.45, 7) is 7.18. The van der Waals surface area contributed by atoms with Gasteiger partial charge in [-0.3, -0.25) is 4.79 Å². The van der Waals surface area contributed by atoms with E-state index in [0.29, 0.717) is 11.8 Å². The Labute approximate surface area is 139 Å². The molecule has 1 unspecified atom stereocenters. The number of hydrogen-bond acceptors (Lipinski definition) is 3. The molecule has 0 radical (unpaired) electrons. The number of ether oxygens (including phenoxy) is 1. The number of carbonyl (C=O) groups excluding carboxylic acids is 1. The Morgan fingerprint density at radius 3 is 2.70 bits per heavy atom. The normalized spacial score (nSPS) is 22.1. The van der Waals surface area contributed by atoms with Gasteiger partial charge in [-0.15, -0.1) is 0 Å². The molecule has 2 heterocycles. The van der Waals surface area contributed by atoms with Gasteiger partial charge in [0.2, 0.25) is 5.91 Å². The summed E-state index contributed by atoms with van der Waals surface area (Å²) < 4.78 is 5.36. The molecule has 126 valence electrons. The van der Waals surface area contributed by atoms with Gasteiger partial charge in [0.05, 0.1) is 13.2 Å². The summed E-state index contributed by atoms with van der Waals surface area (Å²) in [5.41, 5.74) is 2.63. The first-order valence-corrected chi connectivity index (χ1v) is 8.80. The molecular weight excluding hydrogens is 288 g/mol. The third-order valence-electron chi connectivity index (χ3n) is 5.23. The third kappa shape index (κ3) is 3.23. The van der Waals surface area contributed by atoms with E-state index in [0.717, 1.165) is 44.6 Å². The lowest BCUT2D eigenvalue weighted by atomic mass is 9.84. The number of carbonyl (C=O) groups is 1. The van der Waals surface area contributed by atoms with Gasteiger partial charge in [0.1, 0.15) is 5.75 Å². The van der Waals surface area contributed by atoms with Crippen LogP contribution in [-0.4, -0.2) is 37.6 Å². The molecule has 0 aromatic heterocycles. The molecule has 0 aliphatic carbocycles. The average molecular weight is 316 g/mol. The van der Waals surface area contributed by atoms with Crippen LogP contribution in [0.1, 0.15) is 43.9 Å². The predicted octanol–water partition coefficient (Wildman–Crippen LogP) is 2.78. The van der Waals surface area contributed by atoms with Gasteiger partial charge in [-0.05, 0) is 61.5 Å². The van der Waals surface area contributed by atoms with Crippen molar-refractivity contribution in [2.75, 3.05) is 26.7 Å². The van der Waals surface area contributed by atoms with E-state index in [9.17, 15) is 4.79 Å². The molecule has 2 aliphatic heterocycles. The van der Waals surface area contributed by atoms with Crippen molar-refractivity contribution in [2.24, 2.45) is 11.8 Å². The minimum absolute atomic E-state index is 0.187. The molecule has 1 saturated heterocycles. The van der Waals surface area contributed by atoms with Gasteiger partial charge in [-0.25, -0.2) is 0 Å². The SMILES string of the molecule is COc1ccc2c(c1)CCN(C(=O)C1CCNCC1)C2C(C)C. The number of rotatable bonds is 3. The number of benzene rings is 1. The van der Waals surface area contributed by atoms with Gasteiger partial charge in [0, 0.05) is 12.5 Å². The maximum atomic E-state index is 13.1. The van der Waals surface area contributed by atoms with Crippen LogP contribution in [0.2, 0.25) is 0 Å². The van der Waals surface area contributed by atoms with Crippen LogP contribution in [0.4, 0.5) is 0 Å². The van der Waals surface area contributed by atoms with Crippen molar-refractivity contribution in [3.05, 3.63) is 29.3 Å². The first kappa shape index (κ1) is 16.3. The zero-order valence-electron chi connectivity index (χ0n) is 14.5. The molecule has 2 aliphatic rings. The van der Waals surface area contributed by atoms with Gasteiger partial charge >= 0.3 is 0 Å². The van der Waals surface area contributed by atoms with Crippen LogP contribution in [0.5, 0.6) is 5.75 Å². The number of fused-ring (bicyclic) bond motifs is 1. The minimum atomic E-state index is 0.187. The van der Waals surface area contributed by atoms with Crippen molar-refractivity contribution in [1.29, 1.82) is 0 Å². The van der Waals surface area contributed by atoms with E-state index in [-0.39, 0.29) is 12.0 Å². The molecule has 1 aromatic carbocycles. The maximum absolute atomic E-state index is 13.1. The molecule has 0 bridgehead atoms. The van der Waals surface area contributed by atoms with Crippen molar-refractivity contribution < 1.29 is 9.53 Å². The minimum Gasteiger partial charge on any atom is -0.497 e. The average Bonchev–Trinajstić information content (AvgIpc) is 2.60. The van der Waals surface area contributed by atoms with Crippen molar-refractivity contribution in [1.82, 2.24) is 10.2 Å². The van der Waals surface area contributed by atoms with Crippen LogP contribution in [0.3, 0.4) is 0 Å². The van der Waals surface area contributed by atoms with Crippen LogP contribution in [0.25, 0.3) is 0 Å². The van der Waals surface area contributed by atoms with E-state index in [1.165, 1.54) is 11.1 Å². The predicted molar refractivity (Wildman–Crippen MR) is 91.6 cm³/mol. The summed E-state index contributed by atoms with van der Waals surface area (Å²) in [5.74, 6) is 1.86. The molecule has 3 rings (SSSR count). The fourth-order valence-corrected chi connectivity index (χ4v) is 4.03. The molecule has 23 heavy (non-hydrogen) atoms. The smallest absolute Gasteiger partial charge is 0.226 e. The summed E-state index contributed by atoms with van der Waals surface area (Å²) in [7, 11) is 1.71. The Morgan fingerprint density at radius 1 is 1.30 bits per heavy atom. The van der Waals surface area contributed by atoms with Crippen LogP contribution in [0, 0.1) is 11.8 Å². The van der Waals surface area contributed by atoms with Gasteiger partial charge in [-0.2, -0.15) is 0 Å². The number of amides is 1. The second-order valence-electron chi connectivity index (χ2n) is 7.06. The lowest BCUT2D eigenvalue weighted by Crippen LogP contribution is -2.47. The van der Waals surface area contributed by atoms with E-state index in [2.05, 4.69) is 36.2 Å². The number of hydrogen-bond donors (Lipinski definition) is 1. The fraction of sp³-hybridized carbons (Fsp3) is 0.632. The highest BCUT2D eigenvalue weighted by Gasteiger charge is 2.36. The largest absolute Gasteiger partial charge is 0.497 e. The monoisotopic (exact) mass is 316 g/mol. The standard InChI is InChI=1S/C19H28N2O2/c1-13(2)18-17-5-4-16(23-3)12-15(17)8-11-21(18)19(22)14-6-9-20-10-7-14/h4-5,12-14,18,20H,6-11H2,1-3H3.